The first-order valence-electron chi connectivity index (χ1n) is 12.6. The van der Waals surface area contributed by atoms with Gasteiger partial charge in [-0.05, 0) is 86.0 Å². The molecule has 5 nitrogen and oxygen atoms in total. The van der Waals surface area contributed by atoms with Crippen molar-refractivity contribution in [3.05, 3.63) is 53.1 Å². The van der Waals surface area contributed by atoms with E-state index in [1.165, 1.54) is 19.3 Å². The summed E-state index contributed by atoms with van der Waals surface area (Å²) >= 11 is 6.35. The number of allylic oxidation sites excluding steroid dienone is 1. The lowest BCUT2D eigenvalue weighted by Gasteiger charge is -2.59. The second-order valence-electron chi connectivity index (χ2n) is 11.3. The highest BCUT2D eigenvalue weighted by atomic mass is 35.5. The minimum absolute atomic E-state index is 0.00200. The van der Waals surface area contributed by atoms with Crippen LogP contribution in [0, 0.1) is 45.8 Å². The summed E-state index contributed by atoms with van der Waals surface area (Å²) in [6.45, 7) is 4.83. The van der Waals surface area contributed by atoms with Crippen LogP contribution in [0.25, 0.3) is 6.08 Å². The van der Waals surface area contributed by atoms with Crippen molar-refractivity contribution < 1.29 is 4.79 Å². The number of rotatable bonds is 2. The summed E-state index contributed by atoms with van der Waals surface area (Å²) < 4.78 is 2.40. The number of carbonyl (C=O) groups excluding carboxylic acids is 1. The molecule has 0 spiro atoms. The molecule has 3 fully saturated rings. The number of fused-ring (bicyclic) bond motifs is 7. The molecule has 0 bridgehead atoms. The zero-order valence-electron chi connectivity index (χ0n) is 19.8. The van der Waals surface area contributed by atoms with E-state index >= 15 is 0 Å². The number of aromatic nitrogens is 2. The van der Waals surface area contributed by atoms with Crippen LogP contribution in [0.1, 0.15) is 69.8 Å². The molecule has 3 saturated carbocycles. The number of carbonyl (C=O) groups is 1. The van der Waals surface area contributed by atoms with Crippen molar-refractivity contribution >= 4 is 29.3 Å². The quantitative estimate of drug-likeness (QED) is 0.541. The Hall–Kier alpha value is -2.58. The van der Waals surface area contributed by atoms with E-state index in [0.29, 0.717) is 40.1 Å². The molecule has 3 aliphatic carbocycles. The molecule has 4 aliphatic rings. The number of nitrogens with one attached hydrogen (secondary N) is 1. The predicted molar refractivity (Wildman–Crippen MR) is 133 cm³/mol. The summed E-state index contributed by atoms with van der Waals surface area (Å²) in [5.74, 6) is 3.04. The highest BCUT2D eigenvalue weighted by Gasteiger charge is 2.61. The maximum Gasteiger partial charge on any atom is 0.228 e. The second-order valence-corrected chi connectivity index (χ2v) is 11.7. The van der Waals surface area contributed by atoms with Crippen molar-refractivity contribution in [2.24, 2.45) is 34.5 Å². The van der Waals surface area contributed by atoms with Crippen LogP contribution in [0.2, 0.25) is 5.02 Å². The summed E-state index contributed by atoms with van der Waals surface area (Å²) in [5, 5.41) is 12.6. The molecule has 7 atom stereocenters. The van der Waals surface area contributed by atoms with Gasteiger partial charge >= 0.3 is 0 Å². The molecule has 1 aliphatic heterocycles. The van der Waals surface area contributed by atoms with Crippen LogP contribution in [0.3, 0.4) is 0 Å². The average molecular weight is 475 g/mol. The molecule has 34 heavy (non-hydrogen) atoms. The molecular weight excluding hydrogens is 444 g/mol. The van der Waals surface area contributed by atoms with Crippen LogP contribution in [-0.4, -0.2) is 15.5 Å². The fourth-order valence-corrected chi connectivity index (χ4v) is 8.58. The van der Waals surface area contributed by atoms with Gasteiger partial charge in [-0.2, -0.15) is 5.26 Å². The monoisotopic (exact) mass is 474 g/mol. The van der Waals surface area contributed by atoms with Gasteiger partial charge in [-0.3, -0.25) is 4.79 Å². The highest BCUT2D eigenvalue weighted by Crippen LogP contribution is 2.67. The Bertz CT molecular complexity index is 1230. The third-order valence-electron chi connectivity index (χ3n) is 10.0. The molecule has 1 amide bonds. The van der Waals surface area contributed by atoms with Crippen molar-refractivity contribution in [1.29, 1.82) is 5.26 Å². The second kappa shape index (κ2) is 7.71. The highest BCUT2D eigenvalue weighted by molar-refractivity contribution is 6.33. The molecule has 2 heterocycles. The van der Waals surface area contributed by atoms with Gasteiger partial charge in [-0.25, -0.2) is 4.98 Å². The van der Waals surface area contributed by atoms with Crippen molar-refractivity contribution in [3.8, 4) is 6.07 Å². The molecule has 1 unspecified atom stereocenters. The third-order valence-corrected chi connectivity index (χ3v) is 10.3. The minimum atomic E-state index is -0.00200. The van der Waals surface area contributed by atoms with Crippen LogP contribution in [0.4, 0.5) is 5.69 Å². The number of imidazole rings is 1. The first-order chi connectivity index (χ1) is 16.3. The first-order valence-corrected chi connectivity index (χ1v) is 13.0. The maximum absolute atomic E-state index is 13.5. The minimum Gasteiger partial charge on any atom is -0.328 e. The molecule has 176 valence electrons. The smallest absolute Gasteiger partial charge is 0.228 e. The van der Waals surface area contributed by atoms with Crippen LogP contribution >= 0.6 is 11.6 Å². The van der Waals surface area contributed by atoms with Crippen molar-refractivity contribution in [3.63, 3.8) is 0 Å². The Balaban J connectivity index is 1.24. The molecule has 0 saturated heterocycles. The fourth-order valence-electron chi connectivity index (χ4n) is 8.35. The van der Waals surface area contributed by atoms with Gasteiger partial charge in [0, 0.05) is 29.8 Å². The number of benzene rings is 1. The zero-order chi connectivity index (χ0) is 23.7. The van der Waals surface area contributed by atoms with E-state index in [1.54, 1.807) is 18.2 Å². The number of hydrogen-bond donors (Lipinski definition) is 1. The van der Waals surface area contributed by atoms with Crippen LogP contribution in [0.5, 0.6) is 0 Å². The lowest BCUT2D eigenvalue weighted by atomic mass is 9.48. The van der Waals surface area contributed by atoms with Crippen molar-refractivity contribution in [2.45, 2.75) is 58.4 Å². The Kier molecular flexibility index (Phi) is 4.97. The Labute approximate surface area is 206 Å². The lowest BCUT2D eigenvalue weighted by Crippen LogP contribution is -2.53. The van der Waals surface area contributed by atoms with E-state index in [4.69, 9.17) is 16.9 Å². The molecule has 6 rings (SSSR count). The molecule has 1 aromatic heterocycles. The van der Waals surface area contributed by atoms with Crippen molar-refractivity contribution in [1.82, 2.24) is 9.55 Å². The third kappa shape index (κ3) is 3.04. The Morgan fingerprint density at radius 2 is 2.06 bits per heavy atom. The van der Waals surface area contributed by atoms with Gasteiger partial charge in [0.2, 0.25) is 5.91 Å². The van der Waals surface area contributed by atoms with Gasteiger partial charge in [-0.15, -0.1) is 0 Å². The van der Waals surface area contributed by atoms with E-state index in [-0.39, 0.29) is 22.7 Å². The standard InChI is InChI=1S/C28H31ClN4O/c1-27-11-9-20-18(4-8-24-28(20,2)12-10-25-31-13-14-33(24)25)19(27)5-6-21(27)26(34)32-23-7-3-17(16-30)15-22(23)29/h3,7,10,12-15,18-21,24H,4-6,8-9,11H2,1-2H3,(H,32,34)/t18-,19-,20-,21+,24?,27-,28+/m0/s1. The SMILES string of the molecule is C[C@]12CC[C@H]3[C@@H](CCC4n5ccnc5C=C[C@@]43C)[C@@H]1CC[C@@H]2C(=O)Nc1ccc(C#N)cc1Cl. The van der Waals surface area contributed by atoms with Gasteiger partial charge in [0.15, 0.2) is 0 Å². The normalized spacial score (nSPS) is 37.6. The number of hydrogen-bond acceptors (Lipinski definition) is 3. The average Bonchev–Trinajstić information content (AvgIpc) is 3.44. The number of amides is 1. The summed E-state index contributed by atoms with van der Waals surface area (Å²) in [6, 6.07) is 7.64. The summed E-state index contributed by atoms with van der Waals surface area (Å²) in [4.78, 5) is 18.0. The predicted octanol–water partition coefficient (Wildman–Crippen LogP) is 6.47. The van der Waals surface area contributed by atoms with Gasteiger partial charge in [0.1, 0.15) is 5.82 Å². The maximum atomic E-state index is 13.5. The first kappa shape index (κ1) is 21.9. The Morgan fingerprint density at radius 3 is 2.85 bits per heavy atom. The van der Waals surface area contributed by atoms with E-state index < -0.39 is 0 Å². The fraction of sp³-hybridized carbons (Fsp3) is 0.536. The number of nitrogens with zero attached hydrogens (tertiary/aromatic N) is 3. The molecular formula is C28H31ClN4O. The topological polar surface area (TPSA) is 70.7 Å². The molecule has 0 radical (unpaired) electrons. The molecule has 1 aromatic carbocycles. The van der Waals surface area contributed by atoms with Crippen molar-refractivity contribution in [2.75, 3.05) is 5.32 Å². The van der Waals surface area contributed by atoms with Gasteiger partial charge in [0.05, 0.1) is 22.3 Å². The van der Waals surface area contributed by atoms with Gasteiger partial charge < -0.3 is 9.88 Å². The van der Waals surface area contributed by atoms with E-state index in [2.05, 4.69) is 53.1 Å². The Morgan fingerprint density at radius 1 is 1.21 bits per heavy atom. The molecule has 6 heteroatoms. The number of anilines is 1. The summed E-state index contributed by atoms with van der Waals surface area (Å²) in [5.41, 5.74) is 1.26. The largest absolute Gasteiger partial charge is 0.328 e. The van der Waals surface area contributed by atoms with Crippen LogP contribution < -0.4 is 5.32 Å². The zero-order valence-corrected chi connectivity index (χ0v) is 20.6. The van der Waals surface area contributed by atoms with E-state index in [9.17, 15) is 4.79 Å². The van der Waals surface area contributed by atoms with Crippen LogP contribution in [0.15, 0.2) is 36.7 Å². The van der Waals surface area contributed by atoms with Gasteiger partial charge in [-0.1, -0.05) is 31.5 Å². The number of nitriles is 1. The van der Waals surface area contributed by atoms with Gasteiger partial charge in [0.25, 0.3) is 0 Å². The van der Waals surface area contributed by atoms with E-state index in [1.807, 2.05) is 6.20 Å². The summed E-state index contributed by atoms with van der Waals surface area (Å²) in [7, 11) is 0. The molecule has 1 N–H and O–H groups in total. The summed E-state index contributed by atoms with van der Waals surface area (Å²) in [6.07, 6.45) is 15.5. The number of halogens is 1. The lowest BCUT2D eigenvalue weighted by molar-refractivity contribution is -0.127. The van der Waals surface area contributed by atoms with E-state index in [0.717, 1.165) is 25.1 Å². The van der Waals surface area contributed by atoms with Crippen LogP contribution in [-0.2, 0) is 4.79 Å². The molecule has 2 aromatic rings.